The van der Waals surface area contributed by atoms with Crippen molar-refractivity contribution in [2.24, 2.45) is 18.0 Å². The van der Waals surface area contributed by atoms with Crippen LogP contribution in [0.4, 0.5) is 0 Å². The Hall–Kier alpha value is -1.45. The quantitative estimate of drug-likeness (QED) is 0.598. The van der Waals surface area contributed by atoms with Crippen LogP contribution >= 0.6 is 0 Å². The van der Waals surface area contributed by atoms with E-state index in [1.54, 1.807) is 0 Å². The summed E-state index contributed by atoms with van der Waals surface area (Å²) in [4.78, 5) is 4.21. The third-order valence-electron chi connectivity index (χ3n) is 3.12. The first-order valence-corrected chi connectivity index (χ1v) is 6.33. The van der Waals surface area contributed by atoms with E-state index in [1.165, 1.54) is 24.8 Å². The van der Waals surface area contributed by atoms with Crippen molar-refractivity contribution in [3.05, 3.63) is 24.0 Å². The average molecular weight is 234 g/mol. The molecule has 1 saturated carbocycles. The van der Waals surface area contributed by atoms with Crippen LogP contribution in [0, 0.1) is 5.92 Å². The van der Waals surface area contributed by atoms with Gasteiger partial charge >= 0.3 is 0 Å². The number of rotatable bonds is 5. The highest BCUT2D eigenvalue weighted by molar-refractivity contribution is 5.79. The number of aliphatic imine (C=N–C) groups is 1. The Morgan fingerprint density at radius 2 is 2.29 bits per heavy atom. The monoisotopic (exact) mass is 234 g/mol. The van der Waals surface area contributed by atoms with Crippen LogP contribution in [0.2, 0.25) is 0 Å². The lowest BCUT2D eigenvalue weighted by molar-refractivity contribution is 0.684. The minimum Gasteiger partial charge on any atom is -0.357 e. The highest BCUT2D eigenvalue weighted by Gasteiger charge is 2.20. The van der Waals surface area contributed by atoms with Gasteiger partial charge < -0.3 is 15.2 Å². The summed E-state index contributed by atoms with van der Waals surface area (Å²) in [5.74, 6) is 1.87. The molecule has 17 heavy (non-hydrogen) atoms. The molecule has 4 nitrogen and oxygen atoms in total. The number of hydrogen-bond acceptors (Lipinski definition) is 1. The molecular formula is C13H22N4. The van der Waals surface area contributed by atoms with Gasteiger partial charge in [-0.1, -0.05) is 12.8 Å². The number of nitrogens with one attached hydrogen (secondary N) is 2. The van der Waals surface area contributed by atoms with Crippen LogP contribution in [-0.2, 0) is 13.6 Å². The molecule has 0 radical (unpaired) electrons. The fourth-order valence-electron chi connectivity index (χ4n) is 1.87. The van der Waals surface area contributed by atoms with Gasteiger partial charge in [-0.05, 0) is 24.0 Å². The van der Waals surface area contributed by atoms with E-state index in [0.717, 1.165) is 25.0 Å². The molecule has 0 aliphatic heterocycles. The van der Waals surface area contributed by atoms with Crippen molar-refractivity contribution in [2.45, 2.75) is 25.8 Å². The number of aryl methyl sites for hydroxylation is 1. The van der Waals surface area contributed by atoms with E-state index in [0.29, 0.717) is 0 Å². The van der Waals surface area contributed by atoms with Crippen molar-refractivity contribution in [1.82, 2.24) is 15.2 Å². The van der Waals surface area contributed by atoms with Crippen LogP contribution in [0.5, 0.6) is 0 Å². The molecule has 0 unspecified atom stereocenters. The smallest absolute Gasteiger partial charge is 0.191 e. The Morgan fingerprint density at radius 3 is 2.88 bits per heavy atom. The lowest BCUT2D eigenvalue weighted by Crippen LogP contribution is -2.37. The van der Waals surface area contributed by atoms with E-state index >= 15 is 0 Å². The summed E-state index contributed by atoms with van der Waals surface area (Å²) in [6, 6.07) is 2.12. The highest BCUT2D eigenvalue weighted by atomic mass is 15.2. The van der Waals surface area contributed by atoms with E-state index in [4.69, 9.17) is 0 Å². The van der Waals surface area contributed by atoms with Gasteiger partial charge in [0.2, 0.25) is 0 Å². The second kappa shape index (κ2) is 5.75. The molecule has 0 aromatic carbocycles. The van der Waals surface area contributed by atoms with Crippen molar-refractivity contribution in [3.63, 3.8) is 0 Å². The van der Waals surface area contributed by atoms with E-state index < -0.39 is 0 Å². The molecule has 1 aromatic rings. The van der Waals surface area contributed by atoms with Gasteiger partial charge in [0.25, 0.3) is 0 Å². The average Bonchev–Trinajstić information content (AvgIpc) is 3.06. The molecule has 1 fully saturated rings. The molecular weight excluding hydrogens is 212 g/mol. The Labute approximate surface area is 103 Å². The van der Waals surface area contributed by atoms with Gasteiger partial charge in [-0.3, -0.25) is 4.99 Å². The van der Waals surface area contributed by atoms with Crippen molar-refractivity contribution < 1.29 is 0 Å². The van der Waals surface area contributed by atoms with Gasteiger partial charge in [-0.2, -0.15) is 0 Å². The Bertz CT molecular complexity index is 377. The van der Waals surface area contributed by atoms with E-state index in [-0.39, 0.29) is 0 Å². The first-order chi connectivity index (χ1) is 8.28. The SMILES string of the molecule is CN=C(NCCC1CC1)NCc1ccn(C)c1. The molecule has 94 valence electrons. The highest BCUT2D eigenvalue weighted by Crippen LogP contribution is 2.31. The van der Waals surface area contributed by atoms with Gasteiger partial charge in [0.05, 0.1) is 0 Å². The number of nitrogens with zero attached hydrogens (tertiary/aromatic N) is 2. The zero-order valence-electron chi connectivity index (χ0n) is 10.7. The van der Waals surface area contributed by atoms with Crippen LogP contribution in [0.3, 0.4) is 0 Å². The van der Waals surface area contributed by atoms with Crippen molar-refractivity contribution >= 4 is 5.96 Å². The standard InChI is InChI=1S/C13H22N4/c1-14-13(15-7-5-11-3-4-11)16-9-12-6-8-17(2)10-12/h6,8,10-11H,3-5,7,9H2,1-2H3,(H2,14,15,16). The summed E-state index contributed by atoms with van der Waals surface area (Å²) in [5.41, 5.74) is 1.28. The maximum absolute atomic E-state index is 4.21. The Morgan fingerprint density at radius 1 is 1.47 bits per heavy atom. The van der Waals surface area contributed by atoms with E-state index in [2.05, 4.69) is 38.7 Å². The third kappa shape index (κ3) is 4.13. The topological polar surface area (TPSA) is 41.4 Å². The molecule has 2 rings (SSSR count). The second-order valence-corrected chi connectivity index (χ2v) is 4.77. The fraction of sp³-hybridized carbons (Fsp3) is 0.615. The molecule has 0 bridgehead atoms. The maximum Gasteiger partial charge on any atom is 0.191 e. The van der Waals surface area contributed by atoms with Gasteiger partial charge in [-0.15, -0.1) is 0 Å². The van der Waals surface area contributed by atoms with E-state index in [9.17, 15) is 0 Å². The summed E-state index contributed by atoms with van der Waals surface area (Å²) in [5, 5.41) is 6.67. The first-order valence-electron chi connectivity index (χ1n) is 6.33. The molecule has 2 N–H and O–H groups in total. The lowest BCUT2D eigenvalue weighted by Gasteiger charge is -2.10. The fourth-order valence-corrected chi connectivity index (χ4v) is 1.87. The molecule has 0 spiro atoms. The van der Waals surface area contributed by atoms with Crippen molar-refractivity contribution in [2.75, 3.05) is 13.6 Å². The second-order valence-electron chi connectivity index (χ2n) is 4.77. The molecule has 1 aromatic heterocycles. The van der Waals surface area contributed by atoms with Gasteiger partial charge in [0.1, 0.15) is 0 Å². The van der Waals surface area contributed by atoms with Crippen LogP contribution in [0.15, 0.2) is 23.5 Å². The van der Waals surface area contributed by atoms with Crippen LogP contribution in [0.1, 0.15) is 24.8 Å². The zero-order chi connectivity index (χ0) is 12.1. The third-order valence-corrected chi connectivity index (χ3v) is 3.12. The number of guanidine groups is 1. The summed E-state index contributed by atoms with van der Waals surface area (Å²) in [6.07, 6.45) is 8.27. The summed E-state index contributed by atoms with van der Waals surface area (Å²) >= 11 is 0. The van der Waals surface area contributed by atoms with Gasteiger partial charge in [-0.25, -0.2) is 0 Å². The Kier molecular flexibility index (Phi) is 4.07. The summed E-state index contributed by atoms with van der Waals surface area (Å²) in [6.45, 7) is 1.85. The molecule has 0 atom stereocenters. The molecule has 4 heteroatoms. The maximum atomic E-state index is 4.21. The normalized spacial score (nSPS) is 16.0. The molecule has 0 saturated heterocycles. The van der Waals surface area contributed by atoms with Crippen LogP contribution in [-0.4, -0.2) is 24.1 Å². The van der Waals surface area contributed by atoms with Crippen LogP contribution < -0.4 is 10.6 Å². The van der Waals surface area contributed by atoms with Crippen molar-refractivity contribution in [3.8, 4) is 0 Å². The summed E-state index contributed by atoms with van der Waals surface area (Å²) < 4.78 is 2.06. The van der Waals surface area contributed by atoms with Crippen LogP contribution in [0.25, 0.3) is 0 Å². The van der Waals surface area contributed by atoms with Gasteiger partial charge in [0, 0.05) is 39.6 Å². The number of aromatic nitrogens is 1. The molecule has 1 heterocycles. The zero-order valence-corrected chi connectivity index (χ0v) is 10.7. The van der Waals surface area contributed by atoms with Gasteiger partial charge in [0.15, 0.2) is 5.96 Å². The summed E-state index contributed by atoms with van der Waals surface area (Å²) in [7, 11) is 3.85. The lowest BCUT2D eigenvalue weighted by atomic mass is 10.3. The minimum atomic E-state index is 0.823. The minimum absolute atomic E-state index is 0.823. The molecule has 1 aliphatic rings. The predicted molar refractivity (Wildman–Crippen MR) is 71.0 cm³/mol. The van der Waals surface area contributed by atoms with Crippen molar-refractivity contribution in [1.29, 1.82) is 0 Å². The Balaban J connectivity index is 1.67. The molecule has 1 aliphatic carbocycles. The molecule has 0 amide bonds. The largest absolute Gasteiger partial charge is 0.357 e. The number of hydrogen-bond donors (Lipinski definition) is 2. The predicted octanol–water partition coefficient (Wildman–Crippen LogP) is 1.49. The van der Waals surface area contributed by atoms with E-state index in [1.807, 2.05) is 14.1 Å². The first kappa shape index (κ1) is 12.0.